The molecule has 5 rings (SSSR count). The van der Waals surface area contributed by atoms with Gasteiger partial charge in [-0.2, -0.15) is 0 Å². The average molecular weight is 497 g/mol. The van der Waals surface area contributed by atoms with E-state index in [-0.39, 0.29) is 5.91 Å². The van der Waals surface area contributed by atoms with Crippen molar-refractivity contribution in [3.05, 3.63) is 87.7 Å². The molecule has 1 aliphatic rings. The van der Waals surface area contributed by atoms with Crippen LogP contribution >= 0.6 is 23.2 Å². The van der Waals surface area contributed by atoms with Gasteiger partial charge in [-0.25, -0.2) is 4.98 Å². The lowest BCUT2D eigenvalue weighted by Crippen LogP contribution is -2.28. The second kappa shape index (κ2) is 10.2. The van der Waals surface area contributed by atoms with Crippen molar-refractivity contribution in [1.29, 1.82) is 0 Å². The summed E-state index contributed by atoms with van der Waals surface area (Å²) in [5.41, 5.74) is 3.81. The number of nitrogens with zero attached hydrogens (tertiary/aromatic N) is 3. The van der Waals surface area contributed by atoms with Crippen LogP contribution in [0, 0.1) is 0 Å². The van der Waals surface area contributed by atoms with Crippen molar-refractivity contribution in [2.75, 3.05) is 19.6 Å². The average Bonchev–Trinajstić information content (AvgIpc) is 3.61. The number of hydrogen-bond acceptors (Lipinski definition) is 4. The predicted molar refractivity (Wildman–Crippen MR) is 134 cm³/mol. The minimum Gasteiger partial charge on any atom is -0.447 e. The molecule has 4 aromatic rings. The highest BCUT2D eigenvalue weighted by molar-refractivity contribution is 6.42. The van der Waals surface area contributed by atoms with E-state index in [2.05, 4.69) is 39.3 Å². The Kier molecular flexibility index (Phi) is 6.90. The highest BCUT2D eigenvalue weighted by Crippen LogP contribution is 2.24. The number of nitrogens with one attached hydrogen (secondary N) is 1. The summed E-state index contributed by atoms with van der Waals surface area (Å²) in [6.07, 6.45) is 6.49. The van der Waals surface area contributed by atoms with Gasteiger partial charge in [0, 0.05) is 43.3 Å². The Balaban J connectivity index is 1.33. The summed E-state index contributed by atoms with van der Waals surface area (Å²) < 4.78 is 5.71. The molecule has 1 amide bonds. The van der Waals surface area contributed by atoms with Gasteiger partial charge in [-0.15, -0.1) is 0 Å². The molecule has 176 valence electrons. The normalized spacial score (nSPS) is 13.9. The number of para-hydroxylation sites is 1. The molecule has 0 bridgehead atoms. The number of aromatic nitrogens is 2. The summed E-state index contributed by atoms with van der Waals surface area (Å²) in [4.78, 5) is 24.6. The Hall–Kier alpha value is -2.80. The molecule has 0 unspecified atom stereocenters. The van der Waals surface area contributed by atoms with Gasteiger partial charge in [0.1, 0.15) is 6.26 Å². The molecule has 2 aromatic heterocycles. The number of carbonyl (C=O) groups is 1. The SMILES string of the molecule is O=C(c1coc(CN(CCc2c[nH]c3ccccc23)Cc2ccc(Cl)c(Cl)c2)n1)N1CCCC1. The van der Waals surface area contributed by atoms with Gasteiger partial charge in [0.05, 0.1) is 16.6 Å². The lowest BCUT2D eigenvalue weighted by Gasteiger charge is -2.21. The van der Waals surface area contributed by atoms with Crippen LogP contribution in [0.25, 0.3) is 10.9 Å². The third kappa shape index (κ3) is 5.14. The van der Waals surface area contributed by atoms with Crippen molar-refractivity contribution in [3.8, 4) is 0 Å². The number of oxazole rings is 1. The van der Waals surface area contributed by atoms with Gasteiger partial charge in [-0.3, -0.25) is 9.69 Å². The fourth-order valence-electron chi connectivity index (χ4n) is 4.48. The van der Waals surface area contributed by atoms with Gasteiger partial charge in [0.25, 0.3) is 5.91 Å². The van der Waals surface area contributed by atoms with Crippen LogP contribution in [-0.4, -0.2) is 45.3 Å². The van der Waals surface area contributed by atoms with Crippen molar-refractivity contribution >= 4 is 40.0 Å². The smallest absolute Gasteiger partial charge is 0.275 e. The van der Waals surface area contributed by atoms with E-state index in [1.165, 1.54) is 17.2 Å². The molecule has 34 heavy (non-hydrogen) atoms. The summed E-state index contributed by atoms with van der Waals surface area (Å²) in [6, 6.07) is 14.0. The molecule has 0 atom stereocenters. The standard InChI is InChI=1S/C26H26Cl2N4O2/c27-21-8-7-18(13-22(21)28)15-31(12-9-19-14-29-23-6-2-1-5-20(19)23)16-25-30-24(17-34-25)26(33)32-10-3-4-11-32/h1-2,5-8,13-14,17,29H,3-4,9-12,15-16H2. The quantitative estimate of drug-likeness (QED) is 0.327. The fourth-order valence-corrected chi connectivity index (χ4v) is 4.80. The minimum absolute atomic E-state index is 0.0534. The van der Waals surface area contributed by atoms with Gasteiger partial charge in [-0.1, -0.05) is 47.5 Å². The maximum absolute atomic E-state index is 12.7. The molecule has 0 radical (unpaired) electrons. The van der Waals surface area contributed by atoms with Crippen LogP contribution in [0.3, 0.4) is 0 Å². The van der Waals surface area contributed by atoms with Crippen molar-refractivity contribution in [1.82, 2.24) is 19.8 Å². The number of aromatic amines is 1. The molecule has 0 aliphatic carbocycles. The van der Waals surface area contributed by atoms with Crippen molar-refractivity contribution < 1.29 is 9.21 Å². The predicted octanol–water partition coefficient (Wildman–Crippen LogP) is 5.94. The summed E-state index contributed by atoms with van der Waals surface area (Å²) in [5, 5.41) is 2.30. The first-order valence-corrected chi connectivity index (χ1v) is 12.3. The van der Waals surface area contributed by atoms with Gasteiger partial charge < -0.3 is 14.3 Å². The third-order valence-corrected chi connectivity index (χ3v) is 7.02. The lowest BCUT2D eigenvalue weighted by molar-refractivity contribution is 0.0787. The molecule has 6 nitrogen and oxygen atoms in total. The first-order valence-electron chi connectivity index (χ1n) is 11.5. The summed E-state index contributed by atoms with van der Waals surface area (Å²) in [5.74, 6) is 0.476. The minimum atomic E-state index is -0.0534. The van der Waals surface area contributed by atoms with Crippen LogP contribution in [0.1, 0.15) is 40.3 Å². The number of carbonyl (C=O) groups excluding carboxylic acids is 1. The number of halogens is 2. The number of hydrogen-bond donors (Lipinski definition) is 1. The van der Waals surface area contributed by atoms with Crippen LogP contribution < -0.4 is 0 Å². The van der Waals surface area contributed by atoms with Crippen LogP contribution in [0.4, 0.5) is 0 Å². The molecule has 1 aliphatic heterocycles. The van der Waals surface area contributed by atoms with Crippen LogP contribution in [0.2, 0.25) is 10.0 Å². The van der Waals surface area contributed by atoms with E-state index in [1.54, 1.807) is 0 Å². The molecule has 8 heteroatoms. The Labute approximate surface area is 208 Å². The molecule has 0 saturated carbocycles. The highest BCUT2D eigenvalue weighted by atomic mass is 35.5. The number of rotatable bonds is 8. The number of H-pyrrole nitrogens is 1. The van der Waals surface area contributed by atoms with E-state index in [0.29, 0.717) is 34.7 Å². The second-order valence-corrected chi connectivity index (χ2v) is 9.51. The summed E-state index contributed by atoms with van der Waals surface area (Å²) in [7, 11) is 0. The molecular formula is C26H26Cl2N4O2. The molecule has 1 saturated heterocycles. The van der Waals surface area contributed by atoms with Crippen LogP contribution in [0.15, 0.2) is 59.3 Å². The first kappa shape index (κ1) is 23.0. The monoisotopic (exact) mass is 496 g/mol. The summed E-state index contributed by atoms with van der Waals surface area (Å²) in [6.45, 7) is 3.48. The Morgan fingerprint density at radius 3 is 2.74 bits per heavy atom. The number of fused-ring (bicyclic) bond motifs is 1. The Morgan fingerprint density at radius 1 is 1.09 bits per heavy atom. The molecule has 0 spiro atoms. The summed E-state index contributed by atoms with van der Waals surface area (Å²) >= 11 is 12.4. The van der Waals surface area contributed by atoms with Gasteiger partial charge in [0.2, 0.25) is 5.89 Å². The lowest BCUT2D eigenvalue weighted by atomic mass is 10.1. The van der Waals surface area contributed by atoms with Gasteiger partial charge in [0.15, 0.2) is 5.69 Å². The Morgan fingerprint density at radius 2 is 1.91 bits per heavy atom. The molecule has 1 N–H and O–H groups in total. The Bertz CT molecular complexity index is 1290. The van der Waals surface area contributed by atoms with E-state index in [0.717, 1.165) is 50.0 Å². The van der Waals surface area contributed by atoms with Gasteiger partial charge in [-0.05, 0) is 48.6 Å². The highest BCUT2D eigenvalue weighted by Gasteiger charge is 2.23. The maximum Gasteiger partial charge on any atom is 0.275 e. The first-order chi connectivity index (χ1) is 16.6. The largest absolute Gasteiger partial charge is 0.447 e. The maximum atomic E-state index is 12.7. The number of benzene rings is 2. The zero-order valence-electron chi connectivity index (χ0n) is 18.8. The third-order valence-electron chi connectivity index (χ3n) is 6.29. The molecule has 1 fully saturated rings. The topological polar surface area (TPSA) is 65.4 Å². The fraction of sp³-hybridized carbons (Fsp3) is 0.308. The van der Waals surface area contributed by atoms with E-state index in [4.69, 9.17) is 27.6 Å². The molecule has 3 heterocycles. The zero-order chi connectivity index (χ0) is 23.5. The zero-order valence-corrected chi connectivity index (χ0v) is 20.3. The van der Waals surface area contributed by atoms with E-state index >= 15 is 0 Å². The van der Waals surface area contributed by atoms with E-state index in [9.17, 15) is 4.79 Å². The van der Waals surface area contributed by atoms with Gasteiger partial charge >= 0.3 is 0 Å². The number of likely N-dealkylation sites (tertiary alicyclic amines) is 1. The van der Waals surface area contributed by atoms with Crippen molar-refractivity contribution in [2.45, 2.75) is 32.4 Å². The number of amides is 1. The van der Waals surface area contributed by atoms with Crippen molar-refractivity contribution in [3.63, 3.8) is 0 Å². The van der Waals surface area contributed by atoms with Crippen LogP contribution in [0.5, 0.6) is 0 Å². The molecular weight excluding hydrogens is 471 g/mol. The van der Waals surface area contributed by atoms with Crippen LogP contribution in [-0.2, 0) is 19.5 Å². The van der Waals surface area contributed by atoms with E-state index < -0.39 is 0 Å². The second-order valence-electron chi connectivity index (χ2n) is 8.69. The van der Waals surface area contributed by atoms with Crippen molar-refractivity contribution in [2.24, 2.45) is 0 Å². The van der Waals surface area contributed by atoms with E-state index in [1.807, 2.05) is 29.2 Å². The molecule has 2 aromatic carbocycles.